The Morgan fingerprint density at radius 2 is 2.10 bits per heavy atom. The highest BCUT2D eigenvalue weighted by Crippen LogP contribution is 2.19. The third kappa shape index (κ3) is 2.47. The molecule has 0 aliphatic heterocycles. The van der Waals surface area contributed by atoms with Gasteiger partial charge in [-0.1, -0.05) is 6.07 Å². The average Bonchev–Trinajstić information content (AvgIpc) is 3.04. The summed E-state index contributed by atoms with van der Waals surface area (Å²) in [6.45, 7) is 1.80. The molecule has 4 rings (SSSR count). The lowest BCUT2D eigenvalue weighted by Gasteiger charge is -2.00. The van der Waals surface area contributed by atoms with Crippen LogP contribution in [0.25, 0.3) is 5.65 Å². The first-order valence-corrected chi connectivity index (χ1v) is 7.17. The van der Waals surface area contributed by atoms with Crippen LogP contribution in [-0.4, -0.2) is 20.0 Å². The minimum Gasteiger partial charge on any atom is -0.348 e. The summed E-state index contributed by atoms with van der Waals surface area (Å²) in [7, 11) is 0. The molecular weight excluding hydrogens is 248 g/mol. The molecule has 102 valence electrons. The first-order chi connectivity index (χ1) is 9.87. The molecule has 0 bridgehead atoms. The van der Waals surface area contributed by atoms with E-state index < -0.39 is 0 Å². The molecule has 3 aromatic rings. The number of fused-ring (bicyclic) bond motifs is 1. The molecule has 1 fully saturated rings. The van der Waals surface area contributed by atoms with Gasteiger partial charge in [0.1, 0.15) is 5.65 Å². The van der Waals surface area contributed by atoms with Crippen LogP contribution in [-0.2, 0) is 13.1 Å². The van der Waals surface area contributed by atoms with E-state index in [1.54, 1.807) is 0 Å². The Bertz CT molecular complexity index is 688. The smallest absolute Gasteiger partial charge is 0.137 e. The second kappa shape index (κ2) is 4.80. The third-order valence-corrected chi connectivity index (χ3v) is 3.74. The van der Waals surface area contributed by atoms with E-state index in [0.29, 0.717) is 0 Å². The first kappa shape index (κ1) is 11.7. The minimum absolute atomic E-state index is 0.761. The zero-order valence-corrected chi connectivity index (χ0v) is 11.4. The van der Waals surface area contributed by atoms with Gasteiger partial charge in [0, 0.05) is 37.4 Å². The van der Waals surface area contributed by atoms with Gasteiger partial charge in [-0.15, -0.1) is 0 Å². The van der Waals surface area contributed by atoms with E-state index in [0.717, 1.165) is 30.5 Å². The Hall–Kier alpha value is -2.07. The molecule has 1 aliphatic rings. The van der Waals surface area contributed by atoms with Crippen LogP contribution in [0.1, 0.15) is 24.1 Å². The third-order valence-electron chi connectivity index (χ3n) is 3.74. The molecule has 1 saturated carbocycles. The first-order valence-electron chi connectivity index (χ1n) is 7.17. The minimum atomic E-state index is 0.761. The van der Waals surface area contributed by atoms with Gasteiger partial charge in [0.05, 0.1) is 12.2 Å². The SMILES string of the molecule is c1ccn2cc(Cn3ccc(CNC4CC4)c3)nc2c1. The molecule has 0 spiro atoms. The Kier molecular flexibility index (Phi) is 2.81. The van der Waals surface area contributed by atoms with Crippen molar-refractivity contribution in [3.05, 3.63) is 60.3 Å². The molecule has 20 heavy (non-hydrogen) atoms. The second-order valence-corrected chi connectivity index (χ2v) is 5.55. The summed E-state index contributed by atoms with van der Waals surface area (Å²) in [5, 5.41) is 3.54. The number of nitrogens with zero attached hydrogens (tertiary/aromatic N) is 3. The summed E-state index contributed by atoms with van der Waals surface area (Å²) in [4.78, 5) is 4.63. The molecule has 4 nitrogen and oxygen atoms in total. The van der Waals surface area contributed by atoms with Crippen LogP contribution in [0.2, 0.25) is 0 Å². The number of hydrogen-bond donors (Lipinski definition) is 1. The van der Waals surface area contributed by atoms with Crippen LogP contribution in [0.4, 0.5) is 0 Å². The largest absolute Gasteiger partial charge is 0.348 e. The van der Waals surface area contributed by atoms with Crippen molar-refractivity contribution in [2.75, 3.05) is 0 Å². The van der Waals surface area contributed by atoms with Gasteiger partial charge in [-0.3, -0.25) is 0 Å². The number of imidazole rings is 1. The van der Waals surface area contributed by atoms with Gasteiger partial charge in [0.2, 0.25) is 0 Å². The summed E-state index contributed by atoms with van der Waals surface area (Å²) >= 11 is 0. The molecule has 3 heterocycles. The van der Waals surface area contributed by atoms with Crippen LogP contribution >= 0.6 is 0 Å². The van der Waals surface area contributed by atoms with Crippen molar-refractivity contribution in [2.45, 2.75) is 32.0 Å². The van der Waals surface area contributed by atoms with Crippen LogP contribution < -0.4 is 5.32 Å². The van der Waals surface area contributed by atoms with E-state index in [4.69, 9.17) is 0 Å². The maximum atomic E-state index is 4.63. The fourth-order valence-electron chi connectivity index (χ4n) is 2.49. The van der Waals surface area contributed by atoms with Gasteiger partial charge >= 0.3 is 0 Å². The molecule has 4 heteroatoms. The van der Waals surface area contributed by atoms with Crippen molar-refractivity contribution in [3.8, 4) is 0 Å². The molecule has 0 radical (unpaired) electrons. The molecular formula is C16H18N4. The lowest BCUT2D eigenvalue weighted by atomic mass is 10.3. The van der Waals surface area contributed by atoms with Crippen molar-refractivity contribution >= 4 is 5.65 Å². The van der Waals surface area contributed by atoms with Crippen LogP contribution in [0.15, 0.2) is 49.1 Å². The van der Waals surface area contributed by atoms with E-state index in [2.05, 4.69) is 43.9 Å². The van der Waals surface area contributed by atoms with Crippen LogP contribution in [0.3, 0.4) is 0 Å². The summed E-state index contributed by atoms with van der Waals surface area (Å²) < 4.78 is 4.26. The van der Waals surface area contributed by atoms with Gasteiger partial charge in [0.15, 0.2) is 0 Å². The summed E-state index contributed by atoms with van der Waals surface area (Å²) in [6.07, 6.45) is 11.1. The maximum absolute atomic E-state index is 4.63. The number of pyridine rings is 1. The molecule has 1 N–H and O–H groups in total. The highest BCUT2D eigenvalue weighted by atomic mass is 15.0. The molecule has 3 aromatic heterocycles. The maximum Gasteiger partial charge on any atom is 0.137 e. The fourth-order valence-corrected chi connectivity index (χ4v) is 2.49. The van der Waals surface area contributed by atoms with Gasteiger partial charge in [0.25, 0.3) is 0 Å². The monoisotopic (exact) mass is 266 g/mol. The van der Waals surface area contributed by atoms with E-state index in [-0.39, 0.29) is 0 Å². The Morgan fingerprint density at radius 3 is 2.95 bits per heavy atom. The summed E-state index contributed by atoms with van der Waals surface area (Å²) in [5.74, 6) is 0. The highest BCUT2D eigenvalue weighted by molar-refractivity contribution is 5.39. The lowest BCUT2D eigenvalue weighted by Crippen LogP contribution is -2.14. The topological polar surface area (TPSA) is 34.3 Å². The van der Waals surface area contributed by atoms with Crippen molar-refractivity contribution in [1.82, 2.24) is 19.3 Å². The van der Waals surface area contributed by atoms with Crippen LogP contribution in [0, 0.1) is 0 Å². The standard InChI is InChI=1S/C16H18N4/c1-2-7-20-12-15(18-16(20)3-1)11-19-8-6-13(10-19)9-17-14-4-5-14/h1-3,6-8,10,12,14,17H,4-5,9,11H2. The van der Waals surface area contributed by atoms with E-state index >= 15 is 0 Å². The number of rotatable bonds is 5. The zero-order chi connectivity index (χ0) is 13.4. The lowest BCUT2D eigenvalue weighted by molar-refractivity contribution is 0.684. The molecule has 0 saturated heterocycles. The molecule has 0 atom stereocenters. The average molecular weight is 266 g/mol. The Labute approximate surface area is 118 Å². The fraction of sp³-hybridized carbons (Fsp3) is 0.312. The van der Waals surface area contributed by atoms with Gasteiger partial charge in [-0.25, -0.2) is 4.98 Å². The molecule has 0 aromatic carbocycles. The highest BCUT2D eigenvalue weighted by Gasteiger charge is 2.19. The van der Waals surface area contributed by atoms with Gasteiger partial charge < -0.3 is 14.3 Å². The quantitative estimate of drug-likeness (QED) is 0.769. The molecule has 1 aliphatic carbocycles. The number of hydrogen-bond acceptors (Lipinski definition) is 2. The number of nitrogens with one attached hydrogen (secondary N) is 1. The molecule has 0 unspecified atom stereocenters. The summed E-state index contributed by atoms with van der Waals surface area (Å²) in [6, 6.07) is 9.02. The van der Waals surface area contributed by atoms with E-state index in [1.807, 2.05) is 24.4 Å². The predicted octanol–water partition coefficient (Wildman–Crippen LogP) is 2.44. The second-order valence-electron chi connectivity index (χ2n) is 5.55. The predicted molar refractivity (Wildman–Crippen MR) is 78.6 cm³/mol. The van der Waals surface area contributed by atoms with E-state index in [1.165, 1.54) is 18.4 Å². The zero-order valence-electron chi connectivity index (χ0n) is 11.4. The van der Waals surface area contributed by atoms with Crippen molar-refractivity contribution < 1.29 is 0 Å². The van der Waals surface area contributed by atoms with E-state index in [9.17, 15) is 0 Å². The van der Waals surface area contributed by atoms with Crippen molar-refractivity contribution in [3.63, 3.8) is 0 Å². The van der Waals surface area contributed by atoms with Crippen LogP contribution in [0.5, 0.6) is 0 Å². The summed E-state index contributed by atoms with van der Waals surface area (Å²) in [5.41, 5.74) is 3.44. The normalized spacial score (nSPS) is 15.0. The Morgan fingerprint density at radius 1 is 1.15 bits per heavy atom. The van der Waals surface area contributed by atoms with Crippen molar-refractivity contribution in [1.29, 1.82) is 0 Å². The van der Waals surface area contributed by atoms with Gasteiger partial charge in [-0.2, -0.15) is 0 Å². The van der Waals surface area contributed by atoms with Gasteiger partial charge in [-0.05, 0) is 36.6 Å². The molecule has 0 amide bonds. The Balaban J connectivity index is 1.47. The van der Waals surface area contributed by atoms with Crippen molar-refractivity contribution in [2.24, 2.45) is 0 Å². The number of aromatic nitrogens is 3.